The summed E-state index contributed by atoms with van der Waals surface area (Å²) in [7, 11) is 1.75. The van der Waals surface area contributed by atoms with Crippen molar-refractivity contribution in [2.24, 2.45) is 0 Å². The van der Waals surface area contributed by atoms with E-state index in [4.69, 9.17) is 14.7 Å². The fourth-order valence-electron chi connectivity index (χ4n) is 4.52. The summed E-state index contributed by atoms with van der Waals surface area (Å²) >= 11 is 0. The van der Waals surface area contributed by atoms with Crippen molar-refractivity contribution in [2.45, 2.75) is 52.2 Å². The molecule has 1 saturated heterocycles. The van der Waals surface area contributed by atoms with Gasteiger partial charge in [0.2, 0.25) is 5.91 Å². The van der Waals surface area contributed by atoms with Gasteiger partial charge in [-0.1, -0.05) is 0 Å². The van der Waals surface area contributed by atoms with Crippen molar-refractivity contribution < 1.29 is 18.3 Å². The van der Waals surface area contributed by atoms with Crippen LogP contribution in [0, 0.1) is 25.5 Å². The number of benzene rings is 1. The fourth-order valence-corrected chi connectivity index (χ4v) is 4.52. The molecule has 198 valence electrons. The molecule has 1 aromatic carbocycles. The maximum absolute atomic E-state index is 14.9. The summed E-state index contributed by atoms with van der Waals surface area (Å²) in [4.78, 5) is 31.8. The van der Waals surface area contributed by atoms with Gasteiger partial charge >= 0.3 is 0 Å². The van der Waals surface area contributed by atoms with Crippen molar-refractivity contribution in [3.8, 4) is 11.3 Å². The van der Waals surface area contributed by atoms with E-state index in [0.717, 1.165) is 17.3 Å². The summed E-state index contributed by atoms with van der Waals surface area (Å²) in [6.45, 7) is 6.82. The lowest BCUT2D eigenvalue weighted by Gasteiger charge is -2.28. The lowest BCUT2D eigenvalue weighted by atomic mass is 9.92. The summed E-state index contributed by atoms with van der Waals surface area (Å²) < 4.78 is 36.4. The standard InChI is InChI=1S/C27H29F2N7O2/c1-15-16(2)32-27-25(31-15)24(21-6-5-20(28)12-22(21)29)33-26(34-27)18-7-10-38-23(11-18)19-13-30-36(14-19)9-8-35(4)17(3)37/h5-6,12-14,18,23H,7-11H2,1-4H3/t18-,23-/m1/s1. The van der Waals surface area contributed by atoms with Crippen molar-refractivity contribution >= 4 is 17.1 Å². The lowest BCUT2D eigenvalue weighted by molar-refractivity contribution is -0.127. The zero-order valence-corrected chi connectivity index (χ0v) is 21.8. The number of likely N-dealkylation sites (N-methyl/N-ethyl adjacent to an activating group) is 1. The summed E-state index contributed by atoms with van der Waals surface area (Å²) in [5.74, 6) is -0.929. The molecule has 1 amide bonds. The third kappa shape index (κ3) is 5.24. The van der Waals surface area contributed by atoms with Crippen LogP contribution >= 0.6 is 0 Å². The van der Waals surface area contributed by atoms with E-state index in [-0.39, 0.29) is 23.5 Å². The molecule has 3 aromatic heterocycles. The minimum atomic E-state index is -0.719. The first-order valence-corrected chi connectivity index (χ1v) is 12.5. The molecule has 5 rings (SSSR count). The van der Waals surface area contributed by atoms with Gasteiger partial charge in [-0.25, -0.2) is 28.7 Å². The van der Waals surface area contributed by atoms with Gasteiger partial charge in [0.1, 0.15) is 28.7 Å². The molecule has 0 N–H and O–H groups in total. The van der Waals surface area contributed by atoms with Gasteiger partial charge in [-0.15, -0.1) is 0 Å². The second kappa shape index (κ2) is 10.5. The van der Waals surface area contributed by atoms with Gasteiger partial charge in [0.05, 0.1) is 30.2 Å². The molecule has 1 fully saturated rings. The maximum Gasteiger partial charge on any atom is 0.219 e. The Morgan fingerprint density at radius 2 is 1.95 bits per heavy atom. The van der Waals surface area contributed by atoms with E-state index in [2.05, 4.69) is 15.1 Å². The smallest absolute Gasteiger partial charge is 0.219 e. The highest BCUT2D eigenvalue weighted by Gasteiger charge is 2.29. The van der Waals surface area contributed by atoms with E-state index < -0.39 is 11.6 Å². The van der Waals surface area contributed by atoms with Crippen LogP contribution in [0.3, 0.4) is 0 Å². The normalized spacial score (nSPS) is 17.6. The molecule has 38 heavy (non-hydrogen) atoms. The quantitative estimate of drug-likeness (QED) is 0.373. The number of halogens is 2. The Balaban J connectivity index is 1.46. The molecule has 0 unspecified atom stereocenters. The first-order chi connectivity index (χ1) is 18.2. The van der Waals surface area contributed by atoms with E-state index in [0.29, 0.717) is 60.9 Å². The van der Waals surface area contributed by atoms with Gasteiger partial charge in [-0.2, -0.15) is 5.10 Å². The number of carbonyl (C=O) groups excluding carboxylic acids is 1. The molecule has 9 nitrogen and oxygen atoms in total. The summed E-state index contributed by atoms with van der Waals surface area (Å²) in [5, 5.41) is 4.43. The molecule has 1 aliphatic rings. The number of fused-ring (bicyclic) bond motifs is 1. The number of hydrogen-bond acceptors (Lipinski definition) is 7. The summed E-state index contributed by atoms with van der Waals surface area (Å²) in [6.07, 6.45) is 4.78. The Labute approximate surface area is 218 Å². The van der Waals surface area contributed by atoms with Crippen LogP contribution < -0.4 is 0 Å². The number of aryl methyl sites for hydroxylation is 2. The zero-order valence-electron chi connectivity index (χ0n) is 21.8. The molecule has 4 heterocycles. The van der Waals surface area contributed by atoms with Crippen molar-refractivity contribution in [1.82, 2.24) is 34.6 Å². The third-order valence-electron chi connectivity index (χ3n) is 7.02. The van der Waals surface area contributed by atoms with Crippen LogP contribution in [0.1, 0.15) is 54.6 Å². The zero-order chi connectivity index (χ0) is 27.0. The summed E-state index contributed by atoms with van der Waals surface area (Å²) in [5.41, 5.74) is 3.54. The number of nitrogens with zero attached hydrogens (tertiary/aromatic N) is 7. The lowest BCUT2D eigenvalue weighted by Crippen LogP contribution is -2.27. The van der Waals surface area contributed by atoms with Crippen LogP contribution in [-0.4, -0.2) is 60.7 Å². The predicted octanol–water partition coefficient (Wildman–Crippen LogP) is 4.29. The highest BCUT2D eigenvalue weighted by atomic mass is 19.1. The molecule has 4 aromatic rings. The second-order valence-corrected chi connectivity index (χ2v) is 9.68. The first kappa shape index (κ1) is 25.8. The average molecular weight is 522 g/mol. The van der Waals surface area contributed by atoms with E-state index in [9.17, 15) is 13.6 Å². The SMILES string of the molecule is CC(=O)N(C)CCn1cc([C@H]2C[C@H](c3nc(-c4ccc(F)cc4F)c4nc(C)c(C)nc4n3)CCO2)cn1. The molecular weight excluding hydrogens is 492 g/mol. The predicted molar refractivity (Wildman–Crippen MR) is 136 cm³/mol. The second-order valence-electron chi connectivity index (χ2n) is 9.68. The Hall–Kier alpha value is -3.86. The van der Waals surface area contributed by atoms with Crippen molar-refractivity contribution in [3.63, 3.8) is 0 Å². The van der Waals surface area contributed by atoms with Crippen LogP contribution in [0.5, 0.6) is 0 Å². The molecule has 2 atom stereocenters. The van der Waals surface area contributed by atoms with E-state index in [1.165, 1.54) is 19.1 Å². The van der Waals surface area contributed by atoms with Gasteiger partial charge in [0.25, 0.3) is 0 Å². The molecule has 1 aliphatic heterocycles. The van der Waals surface area contributed by atoms with Gasteiger partial charge in [-0.3, -0.25) is 9.48 Å². The highest BCUT2D eigenvalue weighted by Crippen LogP contribution is 2.38. The Kier molecular flexibility index (Phi) is 7.11. The number of amides is 1. The van der Waals surface area contributed by atoms with Crippen molar-refractivity contribution in [1.29, 1.82) is 0 Å². The maximum atomic E-state index is 14.9. The minimum absolute atomic E-state index is 0.00107. The Morgan fingerprint density at radius 3 is 2.71 bits per heavy atom. The van der Waals surface area contributed by atoms with Crippen LogP contribution in [-0.2, 0) is 16.1 Å². The van der Waals surface area contributed by atoms with Crippen LogP contribution in [0.15, 0.2) is 30.6 Å². The van der Waals surface area contributed by atoms with Gasteiger partial charge in [0.15, 0.2) is 5.65 Å². The minimum Gasteiger partial charge on any atom is -0.373 e. The van der Waals surface area contributed by atoms with Gasteiger partial charge < -0.3 is 9.64 Å². The number of carbonyl (C=O) groups is 1. The molecule has 0 aliphatic carbocycles. The fraction of sp³-hybridized carbons (Fsp3) is 0.407. The van der Waals surface area contributed by atoms with E-state index in [1.54, 1.807) is 22.8 Å². The molecular formula is C27H29F2N7O2. The Morgan fingerprint density at radius 1 is 1.16 bits per heavy atom. The van der Waals surface area contributed by atoms with Crippen LogP contribution in [0.4, 0.5) is 8.78 Å². The largest absolute Gasteiger partial charge is 0.373 e. The van der Waals surface area contributed by atoms with E-state index in [1.807, 2.05) is 20.0 Å². The molecule has 0 radical (unpaired) electrons. The van der Waals surface area contributed by atoms with Crippen LogP contribution in [0.2, 0.25) is 0 Å². The number of ether oxygens (including phenoxy) is 1. The monoisotopic (exact) mass is 521 g/mol. The average Bonchev–Trinajstić information content (AvgIpc) is 3.37. The number of rotatable bonds is 6. The number of hydrogen-bond donors (Lipinski definition) is 0. The molecule has 0 bridgehead atoms. The summed E-state index contributed by atoms with van der Waals surface area (Å²) in [6, 6.07) is 3.42. The third-order valence-corrected chi connectivity index (χ3v) is 7.02. The highest BCUT2D eigenvalue weighted by molar-refractivity contribution is 5.87. The van der Waals surface area contributed by atoms with Crippen LogP contribution in [0.25, 0.3) is 22.4 Å². The van der Waals surface area contributed by atoms with Gasteiger partial charge in [-0.05, 0) is 38.8 Å². The number of aromatic nitrogens is 6. The van der Waals surface area contributed by atoms with E-state index >= 15 is 0 Å². The topological polar surface area (TPSA) is 98.9 Å². The molecule has 0 spiro atoms. The Bertz CT molecular complexity index is 1510. The molecule has 11 heteroatoms. The van der Waals surface area contributed by atoms with Crippen molar-refractivity contribution in [2.75, 3.05) is 20.2 Å². The first-order valence-electron chi connectivity index (χ1n) is 12.5. The molecule has 0 saturated carbocycles. The van der Waals surface area contributed by atoms with Crippen molar-refractivity contribution in [3.05, 3.63) is 65.0 Å². The van der Waals surface area contributed by atoms with Gasteiger partial charge in [0, 0.05) is 56.4 Å².